The van der Waals surface area contributed by atoms with Crippen molar-refractivity contribution in [2.75, 3.05) is 4.90 Å². The van der Waals surface area contributed by atoms with E-state index >= 15 is 0 Å². The molecule has 142 valence electrons. The third-order valence-electron chi connectivity index (χ3n) is 4.18. The number of fused-ring (bicyclic) bond motifs is 1. The average Bonchev–Trinajstić information content (AvgIpc) is 2.97. The van der Waals surface area contributed by atoms with E-state index in [9.17, 15) is 14.7 Å². The predicted octanol–water partition coefficient (Wildman–Crippen LogP) is 4.23. The summed E-state index contributed by atoms with van der Waals surface area (Å²) in [4.78, 5) is 25.8. The molecule has 1 heterocycles. The molecule has 0 spiro atoms. The molecule has 6 heteroatoms. The molecule has 0 aromatic heterocycles. The number of amides is 1. The SMILES string of the molecule is CC(C)(C)OC(=O)N1c2cccc(C(=O)O)c2CC1OCc1ccccc1. The first kappa shape index (κ1) is 18.9. The van der Waals surface area contributed by atoms with Gasteiger partial charge in [0.1, 0.15) is 11.8 Å². The maximum atomic E-state index is 12.8. The second-order valence-corrected chi connectivity index (χ2v) is 7.41. The van der Waals surface area contributed by atoms with Gasteiger partial charge in [-0.3, -0.25) is 4.90 Å². The zero-order valence-electron chi connectivity index (χ0n) is 15.6. The number of nitrogens with zero attached hydrogens (tertiary/aromatic N) is 1. The lowest BCUT2D eigenvalue weighted by atomic mass is 10.1. The van der Waals surface area contributed by atoms with Crippen molar-refractivity contribution in [1.29, 1.82) is 0 Å². The van der Waals surface area contributed by atoms with Crippen LogP contribution in [0.25, 0.3) is 0 Å². The van der Waals surface area contributed by atoms with Gasteiger partial charge >= 0.3 is 12.1 Å². The van der Waals surface area contributed by atoms with Crippen LogP contribution >= 0.6 is 0 Å². The maximum absolute atomic E-state index is 12.8. The van der Waals surface area contributed by atoms with Crippen LogP contribution in [0.4, 0.5) is 10.5 Å². The highest BCUT2D eigenvalue weighted by atomic mass is 16.6. The van der Waals surface area contributed by atoms with Gasteiger partial charge in [-0.05, 0) is 44.0 Å². The molecule has 27 heavy (non-hydrogen) atoms. The minimum absolute atomic E-state index is 0.173. The summed E-state index contributed by atoms with van der Waals surface area (Å²) >= 11 is 0. The molecule has 1 amide bonds. The summed E-state index contributed by atoms with van der Waals surface area (Å²) in [7, 11) is 0. The van der Waals surface area contributed by atoms with Crippen LogP contribution in [0.3, 0.4) is 0 Å². The maximum Gasteiger partial charge on any atom is 0.416 e. The number of rotatable bonds is 4. The smallest absolute Gasteiger partial charge is 0.416 e. The Bertz CT molecular complexity index is 841. The molecule has 0 radical (unpaired) electrons. The van der Waals surface area contributed by atoms with Crippen LogP contribution in [0, 0.1) is 0 Å². The fourth-order valence-electron chi connectivity index (χ4n) is 3.06. The zero-order chi connectivity index (χ0) is 19.6. The summed E-state index contributed by atoms with van der Waals surface area (Å²) in [6.45, 7) is 5.67. The van der Waals surface area contributed by atoms with Crippen molar-refractivity contribution in [3.63, 3.8) is 0 Å². The zero-order valence-corrected chi connectivity index (χ0v) is 15.6. The van der Waals surface area contributed by atoms with E-state index in [4.69, 9.17) is 9.47 Å². The van der Waals surface area contributed by atoms with Crippen molar-refractivity contribution >= 4 is 17.7 Å². The van der Waals surface area contributed by atoms with Crippen molar-refractivity contribution < 1.29 is 24.2 Å². The number of carbonyl (C=O) groups is 2. The van der Waals surface area contributed by atoms with Crippen LogP contribution < -0.4 is 4.90 Å². The Morgan fingerprint density at radius 2 is 1.81 bits per heavy atom. The molecule has 1 atom stereocenters. The van der Waals surface area contributed by atoms with E-state index in [-0.39, 0.29) is 5.56 Å². The van der Waals surface area contributed by atoms with Crippen molar-refractivity contribution in [2.24, 2.45) is 0 Å². The first-order valence-electron chi connectivity index (χ1n) is 8.79. The summed E-state index contributed by atoms with van der Waals surface area (Å²) in [6.07, 6.45) is -0.887. The normalized spacial score (nSPS) is 16.1. The second-order valence-electron chi connectivity index (χ2n) is 7.41. The van der Waals surface area contributed by atoms with E-state index in [2.05, 4.69) is 0 Å². The number of hydrogen-bond acceptors (Lipinski definition) is 4. The van der Waals surface area contributed by atoms with Gasteiger partial charge in [0.2, 0.25) is 0 Å². The van der Waals surface area contributed by atoms with Gasteiger partial charge in [0.15, 0.2) is 0 Å². The molecule has 6 nitrogen and oxygen atoms in total. The number of hydrogen-bond donors (Lipinski definition) is 1. The van der Waals surface area contributed by atoms with Crippen LogP contribution in [0.5, 0.6) is 0 Å². The van der Waals surface area contributed by atoms with Crippen molar-refractivity contribution in [2.45, 2.75) is 45.6 Å². The van der Waals surface area contributed by atoms with Crippen LogP contribution in [0.2, 0.25) is 0 Å². The third kappa shape index (κ3) is 4.28. The third-order valence-corrected chi connectivity index (χ3v) is 4.18. The van der Waals surface area contributed by atoms with E-state index in [0.29, 0.717) is 24.3 Å². The highest BCUT2D eigenvalue weighted by Crippen LogP contribution is 2.36. The topological polar surface area (TPSA) is 76.1 Å². The van der Waals surface area contributed by atoms with E-state index in [1.807, 2.05) is 30.3 Å². The number of carboxylic acid groups (broad SMARTS) is 1. The van der Waals surface area contributed by atoms with E-state index < -0.39 is 23.9 Å². The fraction of sp³-hybridized carbons (Fsp3) is 0.333. The minimum Gasteiger partial charge on any atom is -0.478 e. The largest absolute Gasteiger partial charge is 0.478 e. The lowest BCUT2D eigenvalue weighted by Gasteiger charge is -2.29. The Kier molecular flexibility index (Phi) is 5.19. The molecular weight excluding hydrogens is 346 g/mol. The molecule has 0 saturated carbocycles. The van der Waals surface area contributed by atoms with Gasteiger partial charge in [-0.25, -0.2) is 9.59 Å². The van der Waals surface area contributed by atoms with Gasteiger partial charge in [-0.1, -0.05) is 36.4 Å². The molecule has 1 aliphatic rings. The Labute approximate surface area is 158 Å². The molecule has 1 unspecified atom stereocenters. The standard InChI is InChI=1S/C21H23NO5/c1-21(2,3)27-20(25)22-17-11-7-10-15(19(23)24)16(17)12-18(22)26-13-14-8-5-4-6-9-14/h4-11,18H,12-13H2,1-3H3,(H,23,24). The molecule has 0 saturated heterocycles. The summed E-state index contributed by atoms with van der Waals surface area (Å²) in [5, 5.41) is 9.48. The van der Waals surface area contributed by atoms with Crippen LogP contribution in [0.15, 0.2) is 48.5 Å². The molecular formula is C21H23NO5. The van der Waals surface area contributed by atoms with Crippen molar-refractivity contribution in [1.82, 2.24) is 0 Å². The van der Waals surface area contributed by atoms with Gasteiger partial charge in [-0.15, -0.1) is 0 Å². The summed E-state index contributed by atoms with van der Waals surface area (Å²) in [5.41, 5.74) is 1.56. The van der Waals surface area contributed by atoms with Gasteiger partial charge in [0.25, 0.3) is 0 Å². The number of ether oxygens (including phenoxy) is 2. The fourth-order valence-corrected chi connectivity index (χ4v) is 3.06. The quantitative estimate of drug-likeness (QED) is 0.873. The van der Waals surface area contributed by atoms with Crippen LogP contribution in [-0.4, -0.2) is 29.0 Å². The summed E-state index contributed by atoms with van der Waals surface area (Å²) < 4.78 is 11.5. The summed E-state index contributed by atoms with van der Waals surface area (Å²) in [6, 6.07) is 14.5. The molecule has 2 aromatic rings. The number of carboxylic acids is 1. The number of aromatic carboxylic acids is 1. The Morgan fingerprint density at radius 1 is 1.11 bits per heavy atom. The first-order chi connectivity index (χ1) is 12.8. The molecule has 1 N–H and O–H groups in total. The van der Waals surface area contributed by atoms with Crippen molar-refractivity contribution in [3.8, 4) is 0 Å². The predicted molar refractivity (Wildman–Crippen MR) is 101 cm³/mol. The minimum atomic E-state index is -1.03. The molecule has 0 aliphatic carbocycles. The van der Waals surface area contributed by atoms with Gasteiger partial charge in [0, 0.05) is 6.42 Å². The molecule has 1 aliphatic heterocycles. The number of carbonyl (C=O) groups excluding carboxylic acids is 1. The first-order valence-corrected chi connectivity index (χ1v) is 8.79. The second kappa shape index (κ2) is 7.40. The Balaban J connectivity index is 1.90. The van der Waals surface area contributed by atoms with E-state index in [0.717, 1.165) is 5.56 Å². The lowest BCUT2D eigenvalue weighted by molar-refractivity contribution is 0.0216. The van der Waals surface area contributed by atoms with E-state index in [1.54, 1.807) is 32.9 Å². The number of benzene rings is 2. The molecule has 0 fully saturated rings. The van der Waals surface area contributed by atoms with Gasteiger partial charge < -0.3 is 14.6 Å². The highest BCUT2D eigenvalue weighted by molar-refractivity contribution is 5.97. The van der Waals surface area contributed by atoms with Gasteiger partial charge in [0.05, 0.1) is 17.9 Å². The molecule has 0 bridgehead atoms. The van der Waals surface area contributed by atoms with E-state index in [1.165, 1.54) is 11.0 Å². The van der Waals surface area contributed by atoms with Crippen LogP contribution in [-0.2, 0) is 22.5 Å². The Morgan fingerprint density at radius 3 is 2.44 bits per heavy atom. The summed E-state index contributed by atoms with van der Waals surface area (Å²) in [5.74, 6) is -1.03. The van der Waals surface area contributed by atoms with Crippen molar-refractivity contribution in [3.05, 3.63) is 65.2 Å². The molecule has 2 aromatic carbocycles. The number of anilines is 1. The average molecular weight is 369 g/mol. The Hall–Kier alpha value is -2.86. The molecule has 3 rings (SSSR count). The lowest BCUT2D eigenvalue weighted by Crippen LogP contribution is -2.42. The van der Waals surface area contributed by atoms with Gasteiger partial charge in [-0.2, -0.15) is 0 Å². The highest BCUT2D eigenvalue weighted by Gasteiger charge is 2.39. The monoisotopic (exact) mass is 369 g/mol. The van der Waals surface area contributed by atoms with Crippen LogP contribution in [0.1, 0.15) is 42.3 Å².